The van der Waals surface area contributed by atoms with Gasteiger partial charge in [-0.2, -0.15) is 5.10 Å². The van der Waals surface area contributed by atoms with Gasteiger partial charge in [-0.25, -0.2) is 0 Å². The summed E-state index contributed by atoms with van der Waals surface area (Å²) in [6, 6.07) is 11.3. The van der Waals surface area contributed by atoms with Crippen LogP contribution < -0.4 is 5.73 Å². The first kappa shape index (κ1) is 13.3. The zero-order valence-corrected chi connectivity index (χ0v) is 10.4. The molecule has 2 N–H and O–H groups in total. The summed E-state index contributed by atoms with van der Waals surface area (Å²) < 4.78 is 0. The smallest absolute Gasteiger partial charge is 0.270 e. The highest BCUT2D eigenvalue weighted by molar-refractivity contribution is 5.95. The van der Waals surface area contributed by atoms with Crippen molar-refractivity contribution in [3.63, 3.8) is 0 Å². The van der Waals surface area contributed by atoms with Gasteiger partial charge in [-0.1, -0.05) is 18.2 Å². The van der Waals surface area contributed by atoms with Crippen molar-refractivity contribution in [1.82, 2.24) is 4.98 Å². The number of hydrogen-bond donors (Lipinski definition) is 1. The summed E-state index contributed by atoms with van der Waals surface area (Å²) in [7, 11) is 0. The molecular formula is C13H11N5O2. The topological polar surface area (TPSA) is 107 Å². The number of amidine groups is 1. The van der Waals surface area contributed by atoms with Crippen LogP contribution in [0.4, 0.5) is 5.69 Å². The molecule has 0 aliphatic rings. The van der Waals surface area contributed by atoms with E-state index in [1.54, 1.807) is 36.5 Å². The van der Waals surface area contributed by atoms with Crippen molar-refractivity contribution >= 4 is 17.7 Å². The third-order valence-electron chi connectivity index (χ3n) is 2.38. The zero-order chi connectivity index (χ0) is 14.4. The van der Waals surface area contributed by atoms with E-state index >= 15 is 0 Å². The molecule has 1 heterocycles. The van der Waals surface area contributed by atoms with Gasteiger partial charge in [-0.15, -0.1) is 5.10 Å². The largest absolute Gasteiger partial charge is 0.380 e. The Bertz CT molecular complexity index is 667. The average molecular weight is 269 g/mol. The van der Waals surface area contributed by atoms with E-state index in [1.165, 1.54) is 18.3 Å². The molecule has 0 aliphatic carbocycles. The fourth-order valence-corrected chi connectivity index (χ4v) is 1.44. The molecule has 0 bridgehead atoms. The third-order valence-corrected chi connectivity index (χ3v) is 2.38. The standard InChI is InChI=1S/C13H11N5O2/c14-13(12-6-1-2-7-15-12)17-16-9-10-4-3-5-11(8-10)18(19)20/h1-9H,(H2,14,17)/b16-9+. The van der Waals surface area contributed by atoms with E-state index in [0.29, 0.717) is 11.3 Å². The number of aromatic nitrogens is 1. The second-order valence-corrected chi connectivity index (χ2v) is 3.80. The minimum Gasteiger partial charge on any atom is -0.380 e. The molecule has 20 heavy (non-hydrogen) atoms. The number of pyridine rings is 1. The van der Waals surface area contributed by atoms with Gasteiger partial charge in [0, 0.05) is 23.9 Å². The quantitative estimate of drug-likeness (QED) is 0.394. The Morgan fingerprint density at radius 1 is 1.30 bits per heavy atom. The van der Waals surface area contributed by atoms with Crippen LogP contribution >= 0.6 is 0 Å². The van der Waals surface area contributed by atoms with E-state index in [2.05, 4.69) is 15.2 Å². The van der Waals surface area contributed by atoms with Crippen LogP contribution in [0.15, 0.2) is 58.9 Å². The Morgan fingerprint density at radius 2 is 2.15 bits per heavy atom. The molecular weight excluding hydrogens is 258 g/mol. The van der Waals surface area contributed by atoms with Crippen LogP contribution in [0, 0.1) is 10.1 Å². The highest BCUT2D eigenvalue weighted by Gasteiger charge is 2.03. The van der Waals surface area contributed by atoms with Gasteiger partial charge >= 0.3 is 0 Å². The van der Waals surface area contributed by atoms with Gasteiger partial charge in [0.1, 0.15) is 5.69 Å². The first-order valence-electron chi connectivity index (χ1n) is 5.69. The van der Waals surface area contributed by atoms with Crippen molar-refractivity contribution in [2.75, 3.05) is 0 Å². The summed E-state index contributed by atoms with van der Waals surface area (Å²) in [6.07, 6.45) is 2.99. The molecule has 2 rings (SSSR count). The van der Waals surface area contributed by atoms with Crippen molar-refractivity contribution < 1.29 is 4.92 Å². The number of nitro groups is 1. The molecule has 100 valence electrons. The molecule has 0 aliphatic heterocycles. The van der Waals surface area contributed by atoms with E-state index in [0.717, 1.165) is 0 Å². The number of non-ortho nitro benzene ring substituents is 1. The lowest BCUT2D eigenvalue weighted by Crippen LogP contribution is -2.14. The van der Waals surface area contributed by atoms with Gasteiger partial charge in [0.15, 0.2) is 5.84 Å². The predicted octanol–water partition coefficient (Wildman–Crippen LogP) is 1.73. The van der Waals surface area contributed by atoms with Crippen LogP contribution in [0.25, 0.3) is 0 Å². The van der Waals surface area contributed by atoms with E-state index in [4.69, 9.17) is 5.73 Å². The van der Waals surface area contributed by atoms with E-state index in [-0.39, 0.29) is 11.5 Å². The Morgan fingerprint density at radius 3 is 2.85 bits per heavy atom. The van der Waals surface area contributed by atoms with Crippen molar-refractivity contribution in [2.24, 2.45) is 15.9 Å². The molecule has 0 saturated carbocycles. The maximum Gasteiger partial charge on any atom is 0.270 e. The summed E-state index contributed by atoms with van der Waals surface area (Å²) in [6.45, 7) is 0. The SMILES string of the molecule is NC(=N/N=C/c1cccc([N+](=O)[O-])c1)c1ccccn1. The molecule has 0 spiro atoms. The van der Waals surface area contributed by atoms with E-state index in [1.807, 2.05) is 0 Å². The second-order valence-electron chi connectivity index (χ2n) is 3.80. The number of hydrogen-bond acceptors (Lipinski definition) is 5. The second kappa shape index (κ2) is 6.19. The lowest BCUT2D eigenvalue weighted by atomic mass is 10.2. The molecule has 0 atom stereocenters. The Hall–Kier alpha value is -3.09. The highest BCUT2D eigenvalue weighted by atomic mass is 16.6. The first-order valence-corrected chi connectivity index (χ1v) is 5.69. The lowest BCUT2D eigenvalue weighted by Gasteiger charge is -1.95. The van der Waals surface area contributed by atoms with Crippen LogP contribution in [0.2, 0.25) is 0 Å². The molecule has 1 aromatic carbocycles. The summed E-state index contributed by atoms with van der Waals surface area (Å²) in [5, 5.41) is 18.2. The average Bonchev–Trinajstić information content (AvgIpc) is 2.48. The van der Waals surface area contributed by atoms with Crippen LogP contribution in [-0.2, 0) is 0 Å². The van der Waals surface area contributed by atoms with Crippen LogP contribution in [0.1, 0.15) is 11.3 Å². The number of benzene rings is 1. The van der Waals surface area contributed by atoms with E-state index < -0.39 is 4.92 Å². The van der Waals surface area contributed by atoms with Crippen LogP contribution in [0.5, 0.6) is 0 Å². The van der Waals surface area contributed by atoms with Gasteiger partial charge in [0.05, 0.1) is 11.1 Å². The van der Waals surface area contributed by atoms with Crippen molar-refractivity contribution in [3.05, 3.63) is 70.0 Å². The fourth-order valence-electron chi connectivity index (χ4n) is 1.44. The van der Waals surface area contributed by atoms with Gasteiger partial charge < -0.3 is 5.73 Å². The Balaban J connectivity index is 2.14. The summed E-state index contributed by atoms with van der Waals surface area (Å²) in [5.41, 5.74) is 6.78. The molecule has 1 aromatic heterocycles. The fraction of sp³-hybridized carbons (Fsp3) is 0. The number of nitro benzene ring substituents is 1. The van der Waals surface area contributed by atoms with Gasteiger partial charge in [0.2, 0.25) is 0 Å². The zero-order valence-electron chi connectivity index (χ0n) is 10.4. The van der Waals surface area contributed by atoms with Crippen molar-refractivity contribution in [3.8, 4) is 0 Å². The molecule has 2 aromatic rings. The number of nitrogens with two attached hydrogens (primary N) is 1. The monoisotopic (exact) mass is 269 g/mol. The van der Waals surface area contributed by atoms with Crippen molar-refractivity contribution in [1.29, 1.82) is 0 Å². The van der Waals surface area contributed by atoms with Crippen molar-refractivity contribution in [2.45, 2.75) is 0 Å². The highest BCUT2D eigenvalue weighted by Crippen LogP contribution is 2.11. The molecule has 0 saturated heterocycles. The predicted molar refractivity (Wildman–Crippen MR) is 75.7 cm³/mol. The minimum absolute atomic E-state index is 0.00405. The Kier molecular flexibility index (Phi) is 4.13. The molecule has 0 amide bonds. The molecule has 0 fully saturated rings. The molecule has 7 heteroatoms. The van der Waals surface area contributed by atoms with Gasteiger partial charge in [0.25, 0.3) is 5.69 Å². The third kappa shape index (κ3) is 3.45. The normalized spacial score (nSPS) is 11.7. The summed E-state index contributed by atoms with van der Waals surface area (Å²) in [4.78, 5) is 14.2. The van der Waals surface area contributed by atoms with E-state index in [9.17, 15) is 10.1 Å². The number of rotatable bonds is 4. The summed E-state index contributed by atoms with van der Waals surface area (Å²) >= 11 is 0. The molecule has 0 radical (unpaired) electrons. The van der Waals surface area contributed by atoms with Crippen LogP contribution in [0.3, 0.4) is 0 Å². The maximum atomic E-state index is 10.6. The minimum atomic E-state index is -0.469. The maximum absolute atomic E-state index is 10.6. The number of nitrogens with zero attached hydrogens (tertiary/aromatic N) is 4. The summed E-state index contributed by atoms with van der Waals surface area (Å²) in [5.74, 6) is 0.173. The lowest BCUT2D eigenvalue weighted by molar-refractivity contribution is -0.384. The van der Waals surface area contributed by atoms with Crippen LogP contribution in [-0.4, -0.2) is 22.0 Å². The first-order chi connectivity index (χ1) is 9.66. The van der Waals surface area contributed by atoms with Gasteiger partial charge in [-0.3, -0.25) is 15.1 Å². The molecule has 7 nitrogen and oxygen atoms in total. The molecule has 0 unspecified atom stereocenters. The van der Waals surface area contributed by atoms with Gasteiger partial charge in [-0.05, 0) is 12.1 Å². The Labute approximate surface area is 114 Å².